The second-order valence-electron chi connectivity index (χ2n) is 7.01. The van der Waals surface area contributed by atoms with Crippen LogP contribution in [0.4, 0.5) is 15.9 Å². The van der Waals surface area contributed by atoms with E-state index >= 15 is 0 Å². The van der Waals surface area contributed by atoms with Crippen molar-refractivity contribution in [2.75, 3.05) is 23.3 Å². The smallest absolute Gasteiger partial charge is 0.227 e. The van der Waals surface area contributed by atoms with Gasteiger partial charge in [-0.1, -0.05) is 17.7 Å². The summed E-state index contributed by atoms with van der Waals surface area (Å²) < 4.78 is 13.1. The Bertz CT molecular complexity index is 1000. The van der Waals surface area contributed by atoms with Gasteiger partial charge in [0.15, 0.2) is 5.82 Å². The molecule has 3 aromatic rings. The van der Waals surface area contributed by atoms with E-state index in [-0.39, 0.29) is 17.6 Å². The third-order valence-corrected chi connectivity index (χ3v) is 5.26. The highest BCUT2D eigenvalue weighted by atomic mass is 35.5. The summed E-state index contributed by atoms with van der Waals surface area (Å²) >= 11 is 5.98. The van der Waals surface area contributed by atoms with Crippen LogP contribution in [0.5, 0.6) is 0 Å². The van der Waals surface area contributed by atoms with E-state index in [2.05, 4.69) is 20.2 Å². The fourth-order valence-corrected chi connectivity index (χ4v) is 3.63. The first-order valence-electron chi connectivity index (χ1n) is 9.49. The van der Waals surface area contributed by atoms with Gasteiger partial charge >= 0.3 is 0 Å². The molecule has 1 saturated heterocycles. The normalized spacial score (nSPS) is 14.6. The van der Waals surface area contributed by atoms with Crippen LogP contribution in [0.2, 0.25) is 5.02 Å². The van der Waals surface area contributed by atoms with E-state index in [1.807, 2.05) is 18.2 Å². The molecule has 0 atom stereocenters. The highest BCUT2D eigenvalue weighted by molar-refractivity contribution is 6.30. The molecule has 1 amide bonds. The van der Waals surface area contributed by atoms with E-state index < -0.39 is 0 Å². The van der Waals surface area contributed by atoms with Crippen molar-refractivity contribution in [3.8, 4) is 11.4 Å². The average Bonchev–Trinajstić information content (AvgIpc) is 2.74. The number of anilines is 2. The van der Waals surface area contributed by atoms with Gasteiger partial charge in [0.05, 0.1) is 0 Å². The molecule has 0 radical (unpaired) electrons. The number of rotatable bonds is 4. The number of nitrogens with one attached hydrogen (secondary N) is 1. The number of hydrogen-bond donors (Lipinski definition) is 1. The molecule has 0 aliphatic carbocycles. The number of hydrogen-bond acceptors (Lipinski definition) is 4. The zero-order valence-corrected chi connectivity index (χ0v) is 16.4. The number of piperidine rings is 1. The zero-order valence-electron chi connectivity index (χ0n) is 15.7. The summed E-state index contributed by atoms with van der Waals surface area (Å²) in [5.74, 6) is 1.05. The molecule has 0 saturated carbocycles. The summed E-state index contributed by atoms with van der Waals surface area (Å²) in [4.78, 5) is 23.6. The van der Waals surface area contributed by atoms with Crippen LogP contribution in [0.15, 0.2) is 60.8 Å². The lowest BCUT2D eigenvalue weighted by atomic mass is 9.96. The van der Waals surface area contributed by atoms with Gasteiger partial charge in [0.1, 0.15) is 11.6 Å². The summed E-state index contributed by atoms with van der Waals surface area (Å²) in [6, 6.07) is 15.2. The molecule has 148 valence electrons. The van der Waals surface area contributed by atoms with Gasteiger partial charge in [0, 0.05) is 41.5 Å². The number of carbonyl (C=O) groups is 1. The van der Waals surface area contributed by atoms with Crippen molar-refractivity contribution < 1.29 is 9.18 Å². The molecule has 4 rings (SSSR count). The maximum Gasteiger partial charge on any atom is 0.227 e. The van der Waals surface area contributed by atoms with Gasteiger partial charge in [-0.25, -0.2) is 14.4 Å². The van der Waals surface area contributed by atoms with Crippen molar-refractivity contribution in [3.05, 3.63) is 71.6 Å². The molecule has 1 aliphatic rings. The van der Waals surface area contributed by atoms with E-state index in [0.717, 1.165) is 37.3 Å². The summed E-state index contributed by atoms with van der Waals surface area (Å²) in [5, 5.41) is 3.54. The van der Waals surface area contributed by atoms with Crippen LogP contribution < -0.4 is 10.2 Å². The Morgan fingerprint density at radius 2 is 1.86 bits per heavy atom. The minimum Gasteiger partial charge on any atom is -0.356 e. The molecule has 1 fully saturated rings. The minimum atomic E-state index is -0.289. The van der Waals surface area contributed by atoms with E-state index in [1.165, 1.54) is 12.1 Å². The summed E-state index contributed by atoms with van der Waals surface area (Å²) in [7, 11) is 0. The maximum atomic E-state index is 13.1. The number of halogens is 2. The lowest BCUT2D eigenvalue weighted by Crippen LogP contribution is -2.38. The van der Waals surface area contributed by atoms with Crippen LogP contribution >= 0.6 is 11.6 Å². The van der Waals surface area contributed by atoms with Crippen molar-refractivity contribution in [2.45, 2.75) is 12.8 Å². The quantitative estimate of drug-likeness (QED) is 0.671. The van der Waals surface area contributed by atoms with Crippen LogP contribution in [-0.4, -0.2) is 29.0 Å². The van der Waals surface area contributed by atoms with Crippen molar-refractivity contribution >= 4 is 29.0 Å². The molecule has 1 aliphatic heterocycles. The van der Waals surface area contributed by atoms with Crippen molar-refractivity contribution in [1.82, 2.24) is 9.97 Å². The van der Waals surface area contributed by atoms with E-state index in [0.29, 0.717) is 16.5 Å². The molecule has 2 heterocycles. The Morgan fingerprint density at radius 3 is 2.59 bits per heavy atom. The number of aromatic nitrogens is 2. The SMILES string of the molecule is O=C(Nc1cccc(Cl)c1)C1CCN(c2ccnc(-c3ccc(F)cc3)n2)CC1. The number of amides is 1. The van der Waals surface area contributed by atoms with Gasteiger partial charge in [-0.3, -0.25) is 4.79 Å². The number of benzene rings is 2. The molecule has 5 nitrogen and oxygen atoms in total. The van der Waals surface area contributed by atoms with Crippen LogP contribution in [0.3, 0.4) is 0 Å². The second kappa shape index (κ2) is 8.57. The van der Waals surface area contributed by atoms with Gasteiger partial charge in [-0.2, -0.15) is 0 Å². The van der Waals surface area contributed by atoms with Gasteiger partial charge in [0.2, 0.25) is 5.91 Å². The highest BCUT2D eigenvalue weighted by Gasteiger charge is 2.26. The summed E-state index contributed by atoms with van der Waals surface area (Å²) in [6.45, 7) is 1.46. The van der Waals surface area contributed by atoms with Gasteiger partial charge < -0.3 is 10.2 Å². The molecule has 2 aromatic carbocycles. The Hall–Kier alpha value is -2.99. The molecule has 7 heteroatoms. The van der Waals surface area contributed by atoms with Crippen LogP contribution in [0.1, 0.15) is 12.8 Å². The fraction of sp³-hybridized carbons (Fsp3) is 0.227. The molecular weight excluding hydrogens is 391 g/mol. The summed E-state index contributed by atoms with van der Waals surface area (Å²) in [5.41, 5.74) is 1.48. The Labute approximate surface area is 173 Å². The van der Waals surface area contributed by atoms with Gasteiger partial charge in [0.25, 0.3) is 0 Å². The minimum absolute atomic E-state index is 0.0154. The molecule has 1 aromatic heterocycles. The Morgan fingerprint density at radius 1 is 1.10 bits per heavy atom. The maximum absolute atomic E-state index is 13.1. The summed E-state index contributed by atoms with van der Waals surface area (Å²) in [6.07, 6.45) is 3.18. The monoisotopic (exact) mass is 410 g/mol. The van der Waals surface area contributed by atoms with E-state index in [9.17, 15) is 9.18 Å². The molecule has 0 bridgehead atoms. The molecule has 0 unspecified atom stereocenters. The van der Waals surface area contributed by atoms with Crippen molar-refractivity contribution in [2.24, 2.45) is 5.92 Å². The standard InChI is InChI=1S/C22H20ClFN4O/c23-17-2-1-3-19(14-17)26-22(29)16-9-12-28(13-10-16)20-8-11-25-21(27-20)15-4-6-18(24)7-5-15/h1-8,11,14,16H,9-10,12-13H2,(H,26,29). The lowest BCUT2D eigenvalue weighted by Gasteiger charge is -2.32. The largest absolute Gasteiger partial charge is 0.356 e. The fourth-order valence-electron chi connectivity index (χ4n) is 3.44. The Kier molecular flexibility index (Phi) is 5.71. The lowest BCUT2D eigenvalue weighted by molar-refractivity contribution is -0.120. The number of nitrogens with zero attached hydrogens (tertiary/aromatic N) is 3. The molecule has 0 spiro atoms. The number of carbonyl (C=O) groups excluding carboxylic acids is 1. The third kappa shape index (κ3) is 4.71. The average molecular weight is 411 g/mol. The predicted octanol–water partition coefficient (Wildman–Crippen LogP) is 4.79. The predicted molar refractivity (Wildman–Crippen MR) is 112 cm³/mol. The molecular formula is C22H20ClFN4O. The van der Waals surface area contributed by atoms with Gasteiger partial charge in [-0.15, -0.1) is 0 Å². The van der Waals surface area contributed by atoms with Crippen molar-refractivity contribution in [1.29, 1.82) is 0 Å². The van der Waals surface area contributed by atoms with Crippen LogP contribution in [-0.2, 0) is 4.79 Å². The highest BCUT2D eigenvalue weighted by Crippen LogP contribution is 2.25. The molecule has 1 N–H and O–H groups in total. The van der Waals surface area contributed by atoms with Gasteiger partial charge in [-0.05, 0) is 61.4 Å². The first kappa shape index (κ1) is 19.3. The van der Waals surface area contributed by atoms with E-state index in [1.54, 1.807) is 30.5 Å². The van der Waals surface area contributed by atoms with Crippen LogP contribution in [0.25, 0.3) is 11.4 Å². The topological polar surface area (TPSA) is 58.1 Å². The zero-order chi connectivity index (χ0) is 20.2. The first-order chi connectivity index (χ1) is 14.1. The van der Waals surface area contributed by atoms with E-state index in [4.69, 9.17) is 11.6 Å². The second-order valence-corrected chi connectivity index (χ2v) is 7.44. The first-order valence-corrected chi connectivity index (χ1v) is 9.87. The Balaban J connectivity index is 1.39. The van der Waals surface area contributed by atoms with Crippen molar-refractivity contribution in [3.63, 3.8) is 0 Å². The van der Waals surface area contributed by atoms with Crippen LogP contribution in [0, 0.1) is 11.7 Å². The third-order valence-electron chi connectivity index (χ3n) is 5.03. The molecule has 29 heavy (non-hydrogen) atoms.